The van der Waals surface area contributed by atoms with Crippen molar-refractivity contribution in [1.82, 2.24) is 10.6 Å². The van der Waals surface area contributed by atoms with Crippen LogP contribution in [0, 0.1) is 11.8 Å². The monoisotopic (exact) mass is 370 g/mol. The van der Waals surface area contributed by atoms with Crippen molar-refractivity contribution < 1.29 is 9.59 Å². The van der Waals surface area contributed by atoms with E-state index >= 15 is 0 Å². The standard InChI is InChI=1S/C21H30N4O2/c26-20-6-5-19(21(27)24-20)23-17-1-3-18(4-2-17)25-13-9-16(10-14-25)15-7-11-22-12-8-15/h1-4,15-16,19,22-23H,5-14H2,(H,24,26,27). The molecule has 3 fully saturated rings. The van der Waals surface area contributed by atoms with Gasteiger partial charge in [0.15, 0.2) is 0 Å². The fraction of sp³-hybridized carbons (Fsp3) is 0.619. The molecule has 1 unspecified atom stereocenters. The van der Waals surface area contributed by atoms with Gasteiger partial charge in [0, 0.05) is 30.9 Å². The van der Waals surface area contributed by atoms with Crippen LogP contribution in [0.4, 0.5) is 11.4 Å². The van der Waals surface area contributed by atoms with Crippen molar-refractivity contribution in [2.24, 2.45) is 11.8 Å². The number of benzene rings is 1. The molecule has 4 rings (SSSR count). The Balaban J connectivity index is 1.29. The normalized spacial score (nSPS) is 25.3. The minimum absolute atomic E-state index is 0.179. The highest BCUT2D eigenvalue weighted by molar-refractivity contribution is 6.01. The summed E-state index contributed by atoms with van der Waals surface area (Å²) in [5.74, 6) is 1.39. The molecule has 3 heterocycles. The summed E-state index contributed by atoms with van der Waals surface area (Å²) in [6.45, 7) is 4.64. The second-order valence-corrected chi connectivity index (χ2v) is 8.11. The third-order valence-corrected chi connectivity index (χ3v) is 6.40. The maximum Gasteiger partial charge on any atom is 0.249 e. The summed E-state index contributed by atoms with van der Waals surface area (Å²) in [7, 11) is 0. The number of anilines is 2. The Kier molecular flexibility index (Phi) is 5.62. The highest BCUT2D eigenvalue weighted by atomic mass is 16.2. The molecule has 0 bridgehead atoms. The molecule has 0 spiro atoms. The molecule has 2 amide bonds. The van der Waals surface area contributed by atoms with Gasteiger partial charge < -0.3 is 15.5 Å². The summed E-state index contributed by atoms with van der Waals surface area (Å²) in [5.41, 5.74) is 2.19. The van der Waals surface area contributed by atoms with Crippen molar-refractivity contribution in [2.45, 2.75) is 44.6 Å². The van der Waals surface area contributed by atoms with Crippen LogP contribution in [0.3, 0.4) is 0 Å². The number of hydrogen-bond donors (Lipinski definition) is 3. The van der Waals surface area contributed by atoms with Gasteiger partial charge in [0.25, 0.3) is 0 Å². The number of hydrogen-bond acceptors (Lipinski definition) is 5. The Morgan fingerprint density at radius 3 is 2.22 bits per heavy atom. The molecule has 0 saturated carbocycles. The molecule has 0 aromatic heterocycles. The topological polar surface area (TPSA) is 73.5 Å². The van der Waals surface area contributed by atoms with Crippen molar-refractivity contribution >= 4 is 23.2 Å². The van der Waals surface area contributed by atoms with E-state index in [1.54, 1.807) is 0 Å². The Labute approximate surface area is 161 Å². The molecule has 0 radical (unpaired) electrons. The number of nitrogens with zero attached hydrogens (tertiary/aromatic N) is 1. The second-order valence-electron chi connectivity index (χ2n) is 8.11. The number of piperidine rings is 3. The van der Waals surface area contributed by atoms with Crippen molar-refractivity contribution in [3.05, 3.63) is 24.3 Å². The smallest absolute Gasteiger partial charge is 0.249 e. The highest BCUT2D eigenvalue weighted by Gasteiger charge is 2.28. The van der Waals surface area contributed by atoms with Gasteiger partial charge in [-0.3, -0.25) is 14.9 Å². The predicted molar refractivity (Wildman–Crippen MR) is 107 cm³/mol. The maximum absolute atomic E-state index is 11.9. The van der Waals surface area contributed by atoms with Crippen LogP contribution in [-0.4, -0.2) is 44.0 Å². The maximum atomic E-state index is 11.9. The molecule has 146 valence electrons. The molecule has 3 N–H and O–H groups in total. The third-order valence-electron chi connectivity index (χ3n) is 6.40. The van der Waals surface area contributed by atoms with Crippen molar-refractivity contribution in [3.8, 4) is 0 Å². The van der Waals surface area contributed by atoms with Gasteiger partial charge in [0.1, 0.15) is 6.04 Å². The van der Waals surface area contributed by atoms with E-state index in [0.29, 0.717) is 12.8 Å². The number of nitrogens with one attached hydrogen (secondary N) is 3. The van der Waals surface area contributed by atoms with Crippen LogP contribution in [0.25, 0.3) is 0 Å². The average Bonchev–Trinajstić information content (AvgIpc) is 2.71. The van der Waals surface area contributed by atoms with Crippen molar-refractivity contribution in [2.75, 3.05) is 36.4 Å². The summed E-state index contributed by atoms with van der Waals surface area (Å²) >= 11 is 0. The van der Waals surface area contributed by atoms with Crippen LogP contribution in [-0.2, 0) is 9.59 Å². The summed E-state index contributed by atoms with van der Waals surface area (Å²) in [5, 5.41) is 9.10. The summed E-state index contributed by atoms with van der Waals surface area (Å²) < 4.78 is 0. The first-order chi connectivity index (χ1) is 13.2. The molecule has 1 aromatic rings. The van der Waals surface area contributed by atoms with Gasteiger partial charge in [-0.1, -0.05) is 0 Å². The lowest BCUT2D eigenvalue weighted by molar-refractivity contribution is -0.133. The Morgan fingerprint density at radius 1 is 0.889 bits per heavy atom. The van der Waals surface area contributed by atoms with E-state index in [0.717, 1.165) is 30.6 Å². The molecule has 1 aromatic carbocycles. The molecular formula is C21H30N4O2. The van der Waals surface area contributed by atoms with Gasteiger partial charge >= 0.3 is 0 Å². The van der Waals surface area contributed by atoms with Gasteiger partial charge in [-0.25, -0.2) is 0 Å². The Hall–Kier alpha value is -2.08. The first-order valence-corrected chi connectivity index (χ1v) is 10.3. The molecule has 6 heteroatoms. The Morgan fingerprint density at radius 2 is 1.56 bits per heavy atom. The molecule has 3 aliphatic heterocycles. The van der Waals surface area contributed by atoms with E-state index in [9.17, 15) is 9.59 Å². The highest BCUT2D eigenvalue weighted by Crippen LogP contribution is 2.32. The zero-order chi connectivity index (χ0) is 18.6. The van der Waals surface area contributed by atoms with Gasteiger partial charge in [-0.2, -0.15) is 0 Å². The summed E-state index contributed by atoms with van der Waals surface area (Å²) in [6.07, 6.45) is 6.21. The summed E-state index contributed by atoms with van der Waals surface area (Å²) in [6, 6.07) is 8.03. The number of carbonyl (C=O) groups excluding carboxylic acids is 2. The lowest BCUT2D eigenvalue weighted by Gasteiger charge is -2.38. The molecular weight excluding hydrogens is 340 g/mol. The van der Waals surface area contributed by atoms with E-state index in [1.807, 2.05) is 12.1 Å². The molecule has 3 saturated heterocycles. The Bertz CT molecular complexity index is 661. The number of imide groups is 1. The molecule has 3 aliphatic rings. The van der Waals surface area contributed by atoms with Crippen LogP contribution in [0.2, 0.25) is 0 Å². The first-order valence-electron chi connectivity index (χ1n) is 10.3. The van der Waals surface area contributed by atoms with Crippen molar-refractivity contribution in [3.63, 3.8) is 0 Å². The van der Waals surface area contributed by atoms with Gasteiger partial charge in [-0.15, -0.1) is 0 Å². The number of carbonyl (C=O) groups is 2. The predicted octanol–water partition coefficient (Wildman–Crippen LogP) is 2.12. The van der Waals surface area contributed by atoms with Crippen LogP contribution < -0.4 is 20.9 Å². The second kappa shape index (κ2) is 8.30. The molecule has 27 heavy (non-hydrogen) atoms. The lowest BCUT2D eigenvalue weighted by Crippen LogP contribution is -2.47. The lowest BCUT2D eigenvalue weighted by atomic mass is 9.79. The van der Waals surface area contributed by atoms with E-state index in [4.69, 9.17) is 0 Å². The van der Waals surface area contributed by atoms with E-state index < -0.39 is 0 Å². The number of amides is 2. The molecule has 0 aliphatic carbocycles. The minimum atomic E-state index is -0.325. The third kappa shape index (κ3) is 4.43. The molecule has 1 atom stereocenters. The van der Waals surface area contributed by atoms with Crippen molar-refractivity contribution in [1.29, 1.82) is 0 Å². The van der Waals surface area contributed by atoms with Gasteiger partial charge in [0.2, 0.25) is 11.8 Å². The summed E-state index contributed by atoms with van der Waals surface area (Å²) in [4.78, 5) is 25.6. The largest absolute Gasteiger partial charge is 0.374 e. The number of rotatable bonds is 4. The van der Waals surface area contributed by atoms with E-state index in [-0.39, 0.29) is 17.9 Å². The molecule has 6 nitrogen and oxygen atoms in total. The van der Waals surface area contributed by atoms with E-state index in [1.165, 1.54) is 44.5 Å². The first kappa shape index (κ1) is 18.3. The van der Waals surface area contributed by atoms with Crippen LogP contribution in [0.1, 0.15) is 38.5 Å². The van der Waals surface area contributed by atoms with E-state index in [2.05, 4.69) is 33.0 Å². The van der Waals surface area contributed by atoms with Gasteiger partial charge in [0.05, 0.1) is 0 Å². The van der Waals surface area contributed by atoms with Crippen LogP contribution >= 0.6 is 0 Å². The fourth-order valence-corrected chi connectivity index (χ4v) is 4.75. The minimum Gasteiger partial charge on any atom is -0.374 e. The average molecular weight is 370 g/mol. The fourth-order valence-electron chi connectivity index (χ4n) is 4.75. The zero-order valence-corrected chi connectivity index (χ0v) is 15.9. The SMILES string of the molecule is O=C1CCC(Nc2ccc(N3CCC(C4CCNCC4)CC3)cc2)C(=O)N1. The zero-order valence-electron chi connectivity index (χ0n) is 15.9. The quantitative estimate of drug-likeness (QED) is 0.708. The van der Waals surface area contributed by atoms with Crippen LogP contribution in [0.5, 0.6) is 0 Å². The van der Waals surface area contributed by atoms with Crippen LogP contribution in [0.15, 0.2) is 24.3 Å². The van der Waals surface area contributed by atoms with Gasteiger partial charge in [-0.05, 0) is 81.3 Å².